The van der Waals surface area contributed by atoms with Crippen molar-refractivity contribution in [1.82, 2.24) is 0 Å². The van der Waals surface area contributed by atoms with Crippen LogP contribution in [0.5, 0.6) is 0 Å². The number of carbonyl (C=O) groups is 2. The molecule has 0 atom stereocenters. The summed E-state index contributed by atoms with van der Waals surface area (Å²) in [6, 6.07) is 0. The molecule has 0 saturated heterocycles. The van der Waals surface area contributed by atoms with Crippen LogP contribution in [-0.4, -0.2) is 15.6 Å². The Morgan fingerprint density at radius 1 is 1.21 bits per heavy atom. The molecule has 0 aromatic carbocycles. The molecule has 0 radical (unpaired) electrons. The lowest BCUT2D eigenvalue weighted by atomic mass is 10.4. The number of allylic oxidation sites excluding steroid dienone is 2. The number of carbonyl (C=O) groups excluding carboxylic acids is 2. The van der Waals surface area contributed by atoms with Gasteiger partial charge in [-0.15, -0.1) is 0 Å². The quantitative estimate of drug-likeness (QED) is 0.575. The Balaban J connectivity index is 2.77. The normalized spacial score (nSPS) is 14.7. The average Bonchev–Trinajstić information content (AvgIpc) is 2.06. The third-order valence-electron chi connectivity index (χ3n) is 1.16. The summed E-state index contributed by atoms with van der Waals surface area (Å²) in [6.45, 7) is 2.63. The van der Waals surface area contributed by atoms with E-state index in [1.807, 2.05) is 4.08 Å². The van der Waals surface area contributed by atoms with Crippen LogP contribution in [0.1, 0.15) is 13.8 Å². The first-order valence-corrected chi connectivity index (χ1v) is 6.16. The largest absolute Gasteiger partial charge is 0.422 e. The van der Waals surface area contributed by atoms with Crippen LogP contribution in [0.15, 0.2) is 22.0 Å². The maximum atomic E-state index is 10.7. The van der Waals surface area contributed by atoms with Crippen molar-refractivity contribution in [2.45, 2.75) is 13.8 Å². The molecule has 0 aromatic rings. The molecule has 0 spiro atoms. The first-order valence-electron chi connectivity index (χ1n) is 3.84. The molecular formula is C9H9IO4. The minimum atomic E-state index is -0.509. The van der Waals surface area contributed by atoms with Crippen molar-refractivity contribution in [2.24, 2.45) is 0 Å². The van der Waals surface area contributed by atoms with Crippen molar-refractivity contribution in [2.75, 3.05) is 0 Å². The van der Waals surface area contributed by atoms with Gasteiger partial charge in [0.2, 0.25) is 3.69 Å². The summed E-state index contributed by atoms with van der Waals surface area (Å²) in [5, 5.41) is 0. The fourth-order valence-corrected chi connectivity index (χ4v) is 2.54. The second-order valence-electron chi connectivity index (χ2n) is 2.42. The van der Waals surface area contributed by atoms with E-state index in [2.05, 4.69) is 0 Å². The summed E-state index contributed by atoms with van der Waals surface area (Å²) in [5.74, 6) is -0.462. The molecule has 0 fully saturated rings. The molecule has 4 nitrogen and oxygen atoms in total. The summed E-state index contributed by atoms with van der Waals surface area (Å²) >= 11 is -0.509. The van der Waals surface area contributed by atoms with E-state index in [1.54, 1.807) is 12.2 Å². The molecule has 0 aliphatic carbocycles. The molecule has 1 aliphatic heterocycles. The van der Waals surface area contributed by atoms with Crippen molar-refractivity contribution < 1.29 is 19.1 Å². The number of rotatable bonds is 2. The van der Waals surface area contributed by atoms with Gasteiger partial charge in [0.1, 0.15) is 0 Å². The fraction of sp³-hybridized carbons (Fsp3) is 0.222. The summed E-state index contributed by atoms with van der Waals surface area (Å²) in [6.07, 6.45) is 3.40. The van der Waals surface area contributed by atoms with Crippen LogP contribution >= 0.6 is 20.7 Å². The zero-order chi connectivity index (χ0) is 10.6. The summed E-state index contributed by atoms with van der Waals surface area (Å²) in [5.41, 5.74) is 0. The second kappa shape index (κ2) is 5.04. The van der Waals surface area contributed by atoms with Gasteiger partial charge in [0.25, 0.3) is 0 Å². The third kappa shape index (κ3) is 3.41. The molecule has 1 rings (SSSR count). The van der Waals surface area contributed by atoms with Crippen molar-refractivity contribution in [3.8, 4) is 0 Å². The van der Waals surface area contributed by atoms with E-state index >= 15 is 0 Å². The minimum Gasteiger partial charge on any atom is -0.422 e. The predicted octanol–water partition coefficient (Wildman–Crippen LogP) is 1.62. The Kier molecular flexibility index (Phi) is 3.99. The highest BCUT2D eigenvalue weighted by Gasteiger charge is 2.14. The number of esters is 2. The standard InChI is InChI=1S/C9H9IO4/c1-6(11)13-8-4-3-5-10-9(8)14-7(2)12/h3-5H,1-2H3. The topological polar surface area (TPSA) is 52.6 Å². The van der Waals surface area contributed by atoms with Crippen molar-refractivity contribution in [1.29, 1.82) is 0 Å². The lowest BCUT2D eigenvalue weighted by Crippen LogP contribution is -2.14. The van der Waals surface area contributed by atoms with Gasteiger partial charge in [-0.05, 0) is 30.9 Å². The van der Waals surface area contributed by atoms with Gasteiger partial charge in [0.15, 0.2) is 5.76 Å². The van der Waals surface area contributed by atoms with E-state index in [1.165, 1.54) is 13.8 Å². The molecule has 1 heterocycles. The maximum Gasteiger partial charge on any atom is 0.308 e. The Hall–Kier alpha value is -0.980. The number of halogens is 1. The van der Waals surface area contributed by atoms with E-state index in [4.69, 9.17) is 9.47 Å². The average molecular weight is 308 g/mol. The molecule has 14 heavy (non-hydrogen) atoms. The molecule has 0 N–H and O–H groups in total. The molecule has 0 aromatic heterocycles. The fourth-order valence-electron chi connectivity index (χ4n) is 0.764. The van der Waals surface area contributed by atoms with E-state index < -0.39 is 32.7 Å². The molecule has 0 bridgehead atoms. The first kappa shape index (κ1) is 11.1. The highest BCUT2D eigenvalue weighted by molar-refractivity contribution is 14.2. The van der Waals surface area contributed by atoms with E-state index in [0.717, 1.165) is 0 Å². The highest BCUT2D eigenvalue weighted by atomic mass is 127. The van der Waals surface area contributed by atoms with E-state index in [9.17, 15) is 9.59 Å². The zero-order valence-electron chi connectivity index (χ0n) is 7.74. The van der Waals surface area contributed by atoms with E-state index in [-0.39, 0.29) is 0 Å². The molecule has 76 valence electrons. The van der Waals surface area contributed by atoms with Crippen molar-refractivity contribution >= 4 is 36.4 Å². The van der Waals surface area contributed by atoms with Crippen molar-refractivity contribution in [3.05, 3.63) is 22.0 Å². The lowest BCUT2D eigenvalue weighted by molar-refractivity contribution is -0.138. The molecular weight excluding hydrogens is 299 g/mol. The van der Waals surface area contributed by atoms with Gasteiger partial charge in [-0.1, -0.05) is 6.08 Å². The monoisotopic (exact) mass is 308 g/mol. The van der Waals surface area contributed by atoms with Crippen LogP contribution in [0.25, 0.3) is 0 Å². The SMILES string of the molecule is CC(=O)OC1=CC=CI=C1OC(C)=O. The second-order valence-corrected chi connectivity index (χ2v) is 4.74. The number of ether oxygens (including phenoxy) is 2. The van der Waals surface area contributed by atoms with Gasteiger partial charge >= 0.3 is 11.9 Å². The molecule has 0 amide bonds. The van der Waals surface area contributed by atoms with Gasteiger partial charge < -0.3 is 9.47 Å². The van der Waals surface area contributed by atoms with Crippen molar-refractivity contribution in [3.63, 3.8) is 0 Å². The Bertz CT molecular complexity index is 318. The van der Waals surface area contributed by atoms with Crippen LogP contribution in [0.4, 0.5) is 0 Å². The van der Waals surface area contributed by atoms with Gasteiger partial charge in [-0.25, -0.2) is 0 Å². The Morgan fingerprint density at radius 3 is 2.43 bits per heavy atom. The zero-order valence-corrected chi connectivity index (χ0v) is 9.90. The number of hydrogen-bond donors (Lipinski definition) is 0. The van der Waals surface area contributed by atoms with E-state index in [0.29, 0.717) is 9.45 Å². The van der Waals surface area contributed by atoms with Gasteiger partial charge in [0.05, 0.1) is 0 Å². The summed E-state index contributed by atoms with van der Waals surface area (Å²) < 4.78 is 12.2. The van der Waals surface area contributed by atoms with Crippen LogP contribution in [-0.2, 0) is 19.1 Å². The molecule has 1 aliphatic rings. The van der Waals surface area contributed by atoms with Gasteiger partial charge in [0, 0.05) is 13.8 Å². The smallest absolute Gasteiger partial charge is 0.308 e. The summed E-state index contributed by atoms with van der Waals surface area (Å²) in [4.78, 5) is 21.4. The lowest BCUT2D eigenvalue weighted by Gasteiger charge is -2.10. The molecule has 0 unspecified atom stereocenters. The predicted molar refractivity (Wildman–Crippen MR) is 59.8 cm³/mol. The van der Waals surface area contributed by atoms with Crippen LogP contribution in [0, 0.1) is 0 Å². The maximum absolute atomic E-state index is 10.7. The minimum absolute atomic E-state index is 0.350. The molecule has 5 heteroatoms. The Labute approximate surface area is 91.3 Å². The Morgan fingerprint density at radius 2 is 1.86 bits per heavy atom. The molecule has 0 saturated carbocycles. The van der Waals surface area contributed by atoms with Crippen LogP contribution in [0.2, 0.25) is 0 Å². The van der Waals surface area contributed by atoms with Gasteiger partial charge in [-0.3, -0.25) is 9.59 Å². The van der Waals surface area contributed by atoms with Crippen LogP contribution < -0.4 is 0 Å². The first-order chi connectivity index (χ1) is 6.59. The number of hydrogen-bond acceptors (Lipinski definition) is 4. The van der Waals surface area contributed by atoms with Crippen LogP contribution in [0.3, 0.4) is 0 Å². The summed E-state index contributed by atoms with van der Waals surface area (Å²) in [7, 11) is 0. The highest BCUT2D eigenvalue weighted by Crippen LogP contribution is 2.18. The third-order valence-corrected chi connectivity index (χ3v) is 3.26. The van der Waals surface area contributed by atoms with Gasteiger partial charge in [-0.2, -0.15) is 0 Å².